The van der Waals surface area contributed by atoms with E-state index in [1.54, 1.807) is 0 Å². The zero-order chi connectivity index (χ0) is 42.8. The van der Waals surface area contributed by atoms with Crippen molar-refractivity contribution in [3.8, 4) is 0 Å². The Morgan fingerprint density at radius 3 is 1.63 bits per heavy atom. The maximum atomic E-state index is 8.82. The van der Waals surface area contributed by atoms with Gasteiger partial charge < -0.3 is 62.5 Å². The van der Waals surface area contributed by atoms with E-state index in [2.05, 4.69) is 61.9 Å². The molecule has 17 heteroatoms. The lowest BCUT2D eigenvalue weighted by Gasteiger charge is -2.32. The van der Waals surface area contributed by atoms with Crippen LogP contribution in [0.1, 0.15) is 52.5 Å². The van der Waals surface area contributed by atoms with E-state index in [9.17, 15) is 0 Å². The Kier molecular flexibility index (Phi) is 31.7. The van der Waals surface area contributed by atoms with Crippen LogP contribution in [0.15, 0.2) is 40.0 Å². The molecule has 0 radical (unpaired) electrons. The van der Waals surface area contributed by atoms with E-state index >= 15 is 0 Å². The van der Waals surface area contributed by atoms with Crippen molar-refractivity contribution in [1.82, 2.24) is 0 Å². The summed E-state index contributed by atoms with van der Waals surface area (Å²) in [5.41, 5.74) is 2.84. The molecule has 0 spiro atoms. The van der Waals surface area contributed by atoms with E-state index in [4.69, 9.17) is 57.6 Å². The van der Waals surface area contributed by atoms with E-state index in [-0.39, 0.29) is 37.6 Å². The van der Waals surface area contributed by atoms with Crippen LogP contribution in [0.2, 0.25) is 0 Å². The molecule has 0 aliphatic carbocycles. The van der Waals surface area contributed by atoms with E-state index < -0.39 is 0 Å². The van der Waals surface area contributed by atoms with Crippen molar-refractivity contribution in [2.45, 2.75) is 78.3 Å². The van der Waals surface area contributed by atoms with Crippen LogP contribution >= 0.6 is 11.3 Å². The van der Waals surface area contributed by atoms with Gasteiger partial charge in [0.2, 0.25) is 0 Å². The maximum Gasteiger partial charge on any atom is 0.408 e. The average Bonchev–Trinajstić information content (AvgIpc) is 3.66. The summed E-state index contributed by atoms with van der Waals surface area (Å²) in [6.45, 7) is 18.4. The second-order valence-electron chi connectivity index (χ2n) is 13.9. The summed E-state index contributed by atoms with van der Waals surface area (Å²) in [6.07, 6.45) is 4.28. The number of rotatable bonds is 40. The highest BCUT2D eigenvalue weighted by atomic mass is 32.1. The molecule has 1 heterocycles. The van der Waals surface area contributed by atoms with Gasteiger partial charge in [0.25, 0.3) is 0 Å². The molecule has 2 rings (SSSR count). The number of ether oxygens (including phenoxy) is 10. The number of thiazole rings is 1. The standard InChI is InChI=1S/C42H75N4O12S/c1-7-36(4)57-33-39(55-28-26-53-24-22-51-20-18-49-16-14-47)11-12-46(38-9-10-41(35(3)31-38)43-44-42-45(6)13-30-59-42)32-40(34-58-37(5)8-2)56-29-27-54-25-23-52-21-19-50-17-15-48/h9-10,13,30-31,36-37,39-40,47-48H,7-8,11-12,14-29,32-34H2,1-6H3/q+1. The van der Waals surface area contributed by atoms with Gasteiger partial charge in [0.1, 0.15) is 11.9 Å². The van der Waals surface area contributed by atoms with Gasteiger partial charge in [0.15, 0.2) is 0 Å². The van der Waals surface area contributed by atoms with Gasteiger partial charge in [-0.15, -0.1) is 0 Å². The lowest BCUT2D eigenvalue weighted by Crippen LogP contribution is -2.40. The quantitative estimate of drug-likeness (QED) is 0.0525. The lowest BCUT2D eigenvalue weighted by molar-refractivity contribution is -0.654. The number of azo groups is 1. The van der Waals surface area contributed by atoms with Gasteiger partial charge in [-0.3, -0.25) is 0 Å². The Labute approximate surface area is 357 Å². The second kappa shape index (κ2) is 35.4. The first-order chi connectivity index (χ1) is 28.8. The highest BCUT2D eigenvalue weighted by Crippen LogP contribution is 2.28. The van der Waals surface area contributed by atoms with E-state index in [1.807, 2.05) is 29.3 Å². The van der Waals surface area contributed by atoms with Crippen LogP contribution in [-0.2, 0) is 54.4 Å². The minimum atomic E-state index is -0.237. The molecule has 59 heavy (non-hydrogen) atoms. The van der Waals surface area contributed by atoms with E-state index in [0.29, 0.717) is 125 Å². The molecular weight excluding hydrogens is 785 g/mol. The highest BCUT2D eigenvalue weighted by Gasteiger charge is 2.21. The van der Waals surface area contributed by atoms with Crippen LogP contribution in [0.3, 0.4) is 0 Å². The van der Waals surface area contributed by atoms with Crippen molar-refractivity contribution in [2.24, 2.45) is 17.3 Å². The first-order valence-electron chi connectivity index (χ1n) is 21.2. The zero-order valence-electron chi connectivity index (χ0n) is 36.6. The lowest BCUT2D eigenvalue weighted by atomic mass is 10.1. The minimum Gasteiger partial charge on any atom is -0.394 e. The van der Waals surface area contributed by atoms with Gasteiger partial charge in [0.05, 0.1) is 156 Å². The van der Waals surface area contributed by atoms with Crippen LogP contribution in [-0.4, -0.2) is 167 Å². The zero-order valence-corrected chi connectivity index (χ0v) is 37.5. The predicted molar refractivity (Wildman–Crippen MR) is 228 cm³/mol. The SMILES string of the molecule is CCC(C)OCC(CCN(CC(COC(C)CC)OCCOCCOCCOCCO)c1ccc(N=Nc2scc[n+]2C)c(C)c1)OCCOCCOCCOCCO. The number of nitrogens with zero attached hydrogens (tertiary/aromatic N) is 4. The summed E-state index contributed by atoms with van der Waals surface area (Å²) < 4.78 is 60.2. The molecule has 1 aromatic carbocycles. The van der Waals surface area contributed by atoms with Crippen LogP contribution < -0.4 is 9.47 Å². The van der Waals surface area contributed by atoms with E-state index in [0.717, 1.165) is 34.9 Å². The van der Waals surface area contributed by atoms with Gasteiger partial charge in [-0.05, 0) is 80.2 Å². The van der Waals surface area contributed by atoms with Crippen LogP contribution in [0, 0.1) is 6.92 Å². The Morgan fingerprint density at radius 2 is 1.15 bits per heavy atom. The number of aliphatic hydroxyl groups is 2. The number of anilines is 1. The summed E-state index contributed by atoms with van der Waals surface area (Å²) in [4.78, 5) is 2.32. The van der Waals surface area contributed by atoms with Crippen molar-refractivity contribution in [3.63, 3.8) is 0 Å². The predicted octanol–water partition coefficient (Wildman–Crippen LogP) is 4.98. The van der Waals surface area contributed by atoms with Crippen LogP contribution in [0.25, 0.3) is 0 Å². The van der Waals surface area contributed by atoms with Crippen molar-refractivity contribution in [1.29, 1.82) is 0 Å². The molecule has 2 N–H and O–H groups in total. The van der Waals surface area contributed by atoms with Crippen molar-refractivity contribution in [2.75, 3.05) is 137 Å². The number of hydrogen-bond acceptors (Lipinski definition) is 16. The Bertz CT molecular complexity index is 1310. The van der Waals surface area contributed by atoms with Gasteiger partial charge in [-0.1, -0.05) is 13.8 Å². The van der Waals surface area contributed by atoms with Crippen molar-refractivity contribution in [3.05, 3.63) is 35.3 Å². The summed E-state index contributed by atoms with van der Waals surface area (Å²) in [6, 6.07) is 6.24. The average molecular weight is 860 g/mol. The van der Waals surface area contributed by atoms with E-state index in [1.165, 1.54) is 11.3 Å². The fraction of sp³-hybridized carbons (Fsp3) is 0.786. The smallest absolute Gasteiger partial charge is 0.394 e. The van der Waals surface area contributed by atoms with Crippen molar-refractivity contribution < 1.29 is 62.1 Å². The molecule has 0 saturated carbocycles. The molecule has 0 bridgehead atoms. The Balaban J connectivity index is 2.13. The van der Waals surface area contributed by atoms with Gasteiger partial charge in [0, 0.05) is 24.2 Å². The number of aliphatic hydroxyl groups excluding tert-OH is 2. The normalized spacial score (nSPS) is 14.0. The maximum absolute atomic E-state index is 8.82. The molecular formula is C42H75N4O12S+. The molecule has 2 aromatic rings. The molecule has 4 atom stereocenters. The third-order valence-electron chi connectivity index (χ3n) is 9.10. The largest absolute Gasteiger partial charge is 0.408 e. The first kappa shape index (κ1) is 52.9. The topological polar surface area (TPSA) is 165 Å². The molecule has 16 nitrogen and oxygen atoms in total. The van der Waals surface area contributed by atoms with Gasteiger partial charge >= 0.3 is 5.13 Å². The van der Waals surface area contributed by atoms with Gasteiger partial charge in [-0.2, -0.15) is 0 Å². The number of aromatic nitrogens is 1. The second-order valence-corrected chi connectivity index (χ2v) is 14.8. The van der Waals surface area contributed by atoms with Crippen molar-refractivity contribution >= 4 is 27.8 Å². The number of benzene rings is 1. The number of aryl methyl sites for hydroxylation is 2. The third kappa shape index (κ3) is 26.0. The monoisotopic (exact) mass is 860 g/mol. The third-order valence-corrected chi connectivity index (χ3v) is 9.94. The molecule has 0 fully saturated rings. The Morgan fingerprint density at radius 1 is 0.661 bits per heavy atom. The van der Waals surface area contributed by atoms with Gasteiger partial charge in [-0.25, -0.2) is 4.57 Å². The minimum absolute atomic E-state index is 0.0000121. The summed E-state index contributed by atoms with van der Waals surface area (Å²) in [5, 5.41) is 29.5. The fourth-order valence-electron chi connectivity index (χ4n) is 5.25. The van der Waals surface area contributed by atoms with Crippen LogP contribution in [0.5, 0.6) is 0 Å². The Hall–Kier alpha value is -2.23. The molecule has 4 unspecified atom stereocenters. The number of hydrogen-bond donors (Lipinski definition) is 2. The van der Waals surface area contributed by atoms with Crippen LogP contribution in [0.4, 0.5) is 16.5 Å². The summed E-state index contributed by atoms with van der Waals surface area (Å²) >= 11 is 1.54. The molecule has 0 aliphatic rings. The summed E-state index contributed by atoms with van der Waals surface area (Å²) in [5.74, 6) is 0. The molecule has 0 aliphatic heterocycles. The molecule has 0 saturated heterocycles. The summed E-state index contributed by atoms with van der Waals surface area (Å²) in [7, 11) is 1.96. The first-order valence-corrected chi connectivity index (χ1v) is 22.0. The fourth-order valence-corrected chi connectivity index (χ4v) is 5.93. The molecule has 0 amide bonds. The molecule has 340 valence electrons. The molecule has 1 aromatic heterocycles. The highest BCUT2D eigenvalue weighted by molar-refractivity contribution is 7.12.